The summed E-state index contributed by atoms with van der Waals surface area (Å²) in [6, 6.07) is 69.0. The van der Waals surface area contributed by atoms with Crippen molar-refractivity contribution < 1.29 is 0 Å². The Labute approximate surface area is 354 Å². The minimum absolute atomic E-state index is 0.615. The van der Waals surface area contributed by atoms with Gasteiger partial charge in [0.05, 0.1) is 11.2 Å². The molecule has 4 nitrogen and oxygen atoms in total. The Bertz CT molecular complexity index is 3810. The second-order valence-corrected chi connectivity index (χ2v) is 16.8. The predicted molar refractivity (Wildman–Crippen MR) is 257 cm³/mol. The highest BCUT2D eigenvalue weighted by Gasteiger charge is 2.20. The third-order valence-corrected chi connectivity index (χ3v) is 13.5. The van der Waals surface area contributed by atoms with Crippen LogP contribution in [0.15, 0.2) is 194 Å². The summed E-state index contributed by atoms with van der Waals surface area (Å²) in [7, 11) is 0. The number of benzene rings is 10. The number of para-hydroxylation sites is 1. The summed E-state index contributed by atoms with van der Waals surface area (Å²) >= 11 is 1.86. The van der Waals surface area contributed by atoms with Crippen molar-refractivity contribution in [1.29, 1.82) is 0 Å². The second-order valence-electron chi connectivity index (χ2n) is 15.7. The number of pyridine rings is 1. The summed E-state index contributed by atoms with van der Waals surface area (Å²) in [5, 5.41) is 15.4. The topological polar surface area (TPSA) is 51.6 Å². The molecule has 0 amide bonds. The van der Waals surface area contributed by atoms with Crippen molar-refractivity contribution in [2.24, 2.45) is 0 Å². The molecule has 0 N–H and O–H groups in total. The number of fused-ring (bicyclic) bond motifs is 13. The molecule has 61 heavy (non-hydrogen) atoms. The van der Waals surface area contributed by atoms with Crippen LogP contribution in [0.25, 0.3) is 130 Å². The van der Waals surface area contributed by atoms with E-state index in [0.29, 0.717) is 17.5 Å². The lowest BCUT2D eigenvalue weighted by molar-refractivity contribution is 1.08. The first-order valence-electron chi connectivity index (χ1n) is 20.5. The molecular weight excluding hydrogens is 761 g/mol. The van der Waals surface area contributed by atoms with E-state index in [2.05, 4.69) is 194 Å². The molecule has 0 saturated heterocycles. The van der Waals surface area contributed by atoms with Crippen LogP contribution in [0.3, 0.4) is 0 Å². The lowest BCUT2D eigenvalue weighted by Gasteiger charge is -2.14. The molecule has 0 aliphatic carbocycles. The molecule has 13 rings (SSSR count). The number of thiophene rings is 1. The van der Waals surface area contributed by atoms with Crippen molar-refractivity contribution in [3.8, 4) is 45.4 Å². The molecule has 0 aliphatic heterocycles. The van der Waals surface area contributed by atoms with Crippen LogP contribution in [0.4, 0.5) is 0 Å². The van der Waals surface area contributed by atoms with Gasteiger partial charge in [0.15, 0.2) is 17.5 Å². The fraction of sp³-hybridized carbons (Fsp3) is 0. The van der Waals surface area contributed by atoms with E-state index in [1.165, 1.54) is 52.5 Å². The highest BCUT2D eigenvalue weighted by molar-refractivity contribution is 7.26. The van der Waals surface area contributed by atoms with E-state index < -0.39 is 0 Å². The predicted octanol–water partition coefficient (Wildman–Crippen LogP) is 15.2. The van der Waals surface area contributed by atoms with E-state index in [0.717, 1.165) is 60.4 Å². The number of nitrogens with zero attached hydrogens (tertiary/aromatic N) is 4. The first-order chi connectivity index (χ1) is 30.2. The minimum atomic E-state index is 0.615. The van der Waals surface area contributed by atoms with E-state index in [9.17, 15) is 0 Å². The third kappa shape index (κ3) is 5.31. The van der Waals surface area contributed by atoms with Gasteiger partial charge in [0.2, 0.25) is 0 Å². The average Bonchev–Trinajstić information content (AvgIpc) is 3.72. The quantitative estimate of drug-likeness (QED) is 0.167. The van der Waals surface area contributed by atoms with E-state index in [1.54, 1.807) is 0 Å². The molecule has 0 fully saturated rings. The number of rotatable bonds is 4. The van der Waals surface area contributed by atoms with Gasteiger partial charge in [0.1, 0.15) is 0 Å². The van der Waals surface area contributed by atoms with Crippen molar-refractivity contribution in [2.45, 2.75) is 0 Å². The van der Waals surface area contributed by atoms with Gasteiger partial charge in [-0.25, -0.2) is 19.9 Å². The lowest BCUT2D eigenvalue weighted by Crippen LogP contribution is -2.01. The maximum Gasteiger partial charge on any atom is 0.164 e. The van der Waals surface area contributed by atoms with Gasteiger partial charge >= 0.3 is 0 Å². The Kier molecular flexibility index (Phi) is 7.44. The first kappa shape index (κ1) is 34.0. The van der Waals surface area contributed by atoms with Crippen LogP contribution in [0.2, 0.25) is 0 Å². The lowest BCUT2D eigenvalue weighted by atomic mass is 9.96. The first-order valence-corrected chi connectivity index (χ1v) is 21.4. The van der Waals surface area contributed by atoms with Crippen LogP contribution in [-0.2, 0) is 0 Å². The molecule has 10 aromatic carbocycles. The van der Waals surface area contributed by atoms with Gasteiger partial charge in [-0.2, -0.15) is 0 Å². The summed E-state index contributed by atoms with van der Waals surface area (Å²) in [5.74, 6) is 1.89. The fourth-order valence-corrected chi connectivity index (χ4v) is 10.7. The highest BCUT2D eigenvalue weighted by Crippen LogP contribution is 2.44. The van der Waals surface area contributed by atoms with E-state index >= 15 is 0 Å². The maximum atomic E-state index is 5.35. The van der Waals surface area contributed by atoms with Gasteiger partial charge in [-0.1, -0.05) is 170 Å². The van der Waals surface area contributed by atoms with E-state index in [1.807, 2.05) is 11.3 Å². The second kappa shape index (κ2) is 13.3. The van der Waals surface area contributed by atoms with Gasteiger partial charge in [-0.3, -0.25) is 0 Å². The molecule has 0 saturated carbocycles. The normalized spacial score (nSPS) is 11.9. The van der Waals surface area contributed by atoms with E-state index in [-0.39, 0.29) is 0 Å². The number of hydrogen-bond acceptors (Lipinski definition) is 5. The summed E-state index contributed by atoms with van der Waals surface area (Å²) in [4.78, 5) is 21.3. The molecule has 3 aromatic heterocycles. The Hall–Kier alpha value is -7.86. The van der Waals surface area contributed by atoms with Crippen molar-refractivity contribution in [1.82, 2.24) is 19.9 Å². The zero-order valence-corrected chi connectivity index (χ0v) is 33.5. The Morgan fingerprint density at radius 2 is 0.787 bits per heavy atom. The molecule has 5 heteroatoms. The number of aromatic nitrogens is 4. The Balaban J connectivity index is 1.03. The standard InChI is InChI=1S/C56H32N4S/c1-3-15-37-35(13-1)31-47(41-19-7-5-17-39(37)41)55-58-54(59-56(60-55)48-32-36-14-2-4-16-38(36)40-18-6-8-20-42(40)48)34-27-25-33(26-28-34)52-46-30-29-44-43-21-10-12-24-50(43)61-53(44)51(46)45-22-9-11-23-49(45)57-52/h1-32H. The Morgan fingerprint density at radius 3 is 1.43 bits per heavy atom. The summed E-state index contributed by atoms with van der Waals surface area (Å²) in [6.45, 7) is 0. The smallest absolute Gasteiger partial charge is 0.164 e. The molecule has 0 aliphatic rings. The molecule has 0 atom stereocenters. The van der Waals surface area contributed by atoms with Crippen molar-refractivity contribution >= 4 is 96.3 Å². The van der Waals surface area contributed by atoms with Crippen LogP contribution in [0.1, 0.15) is 0 Å². The fourth-order valence-electron chi connectivity index (χ4n) is 9.44. The molecule has 0 bridgehead atoms. The maximum absolute atomic E-state index is 5.35. The van der Waals surface area contributed by atoms with Gasteiger partial charge in [-0.15, -0.1) is 11.3 Å². The molecule has 3 heterocycles. The monoisotopic (exact) mass is 792 g/mol. The van der Waals surface area contributed by atoms with E-state index in [4.69, 9.17) is 19.9 Å². The van der Waals surface area contributed by atoms with Gasteiger partial charge in [-0.05, 0) is 67.4 Å². The largest absolute Gasteiger partial charge is 0.247 e. The van der Waals surface area contributed by atoms with Crippen LogP contribution in [0, 0.1) is 0 Å². The summed E-state index contributed by atoms with van der Waals surface area (Å²) in [5.41, 5.74) is 5.83. The van der Waals surface area contributed by atoms with Crippen LogP contribution < -0.4 is 0 Å². The van der Waals surface area contributed by atoms with Crippen LogP contribution >= 0.6 is 11.3 Å². The SMILES string of the molecule is c1ccc2c(c1)cc(-c1nc(-c3ccc(-c4nc5ccccc5c5c4ccc4c6ccccc6sc45)cc3)nc(-c3cc4ccccc4c4ccccc34)n1)c1ccccc12. The Morgan fingerprint density at radius 1 is 0.311 bits per heavy atom. The molecule has 0 radical (unpaired) electrons. The highest BCUT2D eigenvalue weighted by atomic mass is 32.1. The minimum Gasteiger partial charge on any atom is -0.247 e. The van der Waals surface area contributed by atoms with Crippen molar-refractivity contribution in [2.75, 3.05) is 0 Å². The average molecular weight is 793 g/mol. The molecular formula is C56H32N4S. The molecule has 0 spiro atoms. The zero-order valence-electron chi connectivity index (χ0n) is 32.7. The van der Waals surface area contributed by atoms with Gasteiger partial charge < -0.3 is 0 Å². The summed E-state index contributed by atoms with van der Waals surface area (Å²) < 4.78 is 2.59. The van der Waals surface area contributed by atoms with Crippen molar-refractivity contribution in [3.63, 3.8) is 0 Å². The number of hydrogen-bond donors (Lipinski definition) is 0. The molecule has 0 unspecified atom stereocenters. The van der Waals surface area contributed by atoms with Gasteiger partial charge in [0, 0.05) is 58.6 Å². The van der Waals surface area contributed by atoms with Crippen LogP contribution in [-0.4, -0.2) is 19.9 Å². The van der Waals surface area contributed by atoms with Gasteiger partial charge in [0.25, 0.3) is 0 Å². The van der Waals surface area contributed by atoms with Crippen LogP contribution in [0.5, 0.6) is 0 Å². The third-order valence-electron chi connectivity index (χ3n) is 12.3. The van der Waals surface area contributed by atoms with Crippen molar-refractivity contribution in [3.05, 3.63) is 194 Å². The molecule has 13 aromatic rings. The molecule has 282 valence electrons. The summed E-state index contributed by atoms with van der Waals surface area (Å²) in [6.07, 6.45) is 0. The zero-order chi connectivity index (χ0) is 40.0.